The zero-order valence-corrected chi connectivity index (χ0v) is 15.3. The molecule has 0 fully saturated rings. The standard InChI is InChI=1S/C21H28O4/c1-4-24-21(23)19(14-25-20(22)13-15(2)3)18-12-8-6-10-16-9-5-7-11-17(16)18/h5,7,9,11,13-14,18,20,22H,4,6,8,10,12H2,1-3H3/b19-14+. The number of hydrogen-bond acceptors (Lipinski definition) is 4. The molecule has 4 nitrogen and oxygen atoms in total. The number of hydrogen-bond donors (Lipinski definition) is 1. The fourth-order valence-corrected chi connectivity index (χ4v) is 3.20. The minimum Gasteiger partial charge on any atom is -0.468 e. The van der Waals surface area contributed by atoms with E-state index in [2.05, 4.69) is 12.1 Å². The van der Waals surface area contributed by atoms with Crippen LogP contribution in [-0.2, 0) is 20.7 Å². The topological polar surface area (TPSA) is 55.8 Å². The van der Waals surface area contributed by atoms with Crippen LogP contribution in [0.1, 0.15) is 57.1 Å². The molecular formula is C21H28O4. The highest BCUT2D eigenvalue weighted by molar-refractivity contribution is 5.90. The van der Waals surface area contributed by atoms with Gasteiger partial charge in [-0.1, -0.05) is 36.3 Å². The van der Waals surface area contributed by atoms with Gasteiger partial charge in [-0.25, -0.2) is 4.79 Å². The first-order chi connectivity index (χ1) is 12.0. The number of allylic oxidation sites excluding steroid dienone is 1. The van der Waals surface area contributed by atoms with Gasteiger partial charge in [0.25, 0.3) is 0 Å². The predicted octanol–water partition coefficient (Wildman–Crippen LogP) is 4.24. The van der Waals surface area contributed by atoms with E-state index in [0.29, 0.717) is 12.2 Å². The van der Waals surface area contributed by atoms with Crippen LogP contribution in [-0.4, -0.2) is 24.0 Å². The van der Waals surface area contributed by atoms with Gasteiger partial charge in [-0.05, 0) is 57.2 Å². The summed E-state index contributed by atoms with van der Waals surface area (Å²) in [7, 11) is 0. The maximum absolute atomic E-state index is 12.5. The van der Waals surface area contributed by atoms with Gasteiger partial charge in [-0.2, -0.15) is 0 Å². The van der Waals surface area contributed by atoms with Crippen molar-refractivity contribution in [3.63, 3.8) is 0 Å². The van der Waals surface area contributed by atoms with Crippen molar-refractivity contribution >= 4 is 5.97 Å². The second kappa shape index (κ2) is 9.42. The van der Waals surface area contributed by atoms with Crippen molar-refractivity contribution in [2.75, 3.05) is 6.61 Å². The molecule has 0 saturated carbocycles. The van der Waals surface area contributed by atoms with Crippen molar-refractivity contribution in [2.45, 2.75) is 58.7 Å². The average molecular weight is 344 g/mol. The highest BCUT2D eigenvalue weighted by atomic mass is 16.6. The van der Waals surface area contributed by atoms with Gasteiger partial charge in [0.15, 0.2) is 0 Å². The second-order valence-corrected chi connectivity index (χ2v) is 6.56. The summed E-state index contributed by atoms with van der Waals surface area (Å²) in [6.07, 6.45) is 5.93. The molecule has 0 heterocycles. The van der Waals surface area contributed by atoms with Gasteiger partial charge >= 0.3 is 5.97 Å². The monoisotopic (exact) mass is 344 g/mol. The Kier molecular flexibility index (Phi) is 7.26. The molecule has 0 amide bonds. The highest BCUT2D eigenvalue weighted by Crippen LogP contribution is 2.36. The average Bonchev–Trinajstić information content (AvgIpc) is 2.77. The minimum absolute atomic E-state index is 0.0725. The number of aliphatic hydroxyl groups excluding tert-OH is 1. The SMILES string of the molecule is CCOC(=O)/C(=C/OC(O)C=C(C)C)C1CCCCc2ccccc21. The number of carbonyl (C=O) groups is 1. The second-order valence-electron chi connectivity index (χ2n) is 6.56. The first-order valence-corrected chi connectivity index (χ1v) is 8.96. The van der Waals surface area contributed by atoms with Crippen molar-refractivity contribution in [3.8, 4) is 0 Å². The number of esters is 1. The Labute approximate surface area is 150 Å². The van der Waals surface area contributed by atoms with E-state index in [-0.39, 0.29) is 11.9 Å². The fourth-order valence-electron chi connectivity index (χ4n) is 3.20. The molecule has 2 atom stereocenters. The molecule has 1 aromatic carbocycles. The van der Waals surface area contributed by atoms with Crippen LogP contribution < -0.4 is 0 Å². The van der Waals surface area contributed by atoms with Crippen molar-refractivity contribution < 1.29 is 19.4 Å². The van der Waals surface area contributed by atoms with Gasteiger partial charge in [-0.3, -0.25) is 0 Å². The summed E-state index contributed by atoms with van der Waals surface area (Å²) in [4.78, 5) is 12.5. The van der Waals surface area contributed by atoms with Crippen molar-refractivity contribution in [1.82, 2.24) is 0 Å². The number of carbonyl (C=O) groups excluding carboxylic acids is 1. The Morgan fingerprint density at radius 1 is 1.32 bits per heavy atom. The van der Waals surface area contributed by atoms with E-state index in [0.717, 1.165) is 36.8 Å². The third kappa shape index (κ3) is 5.46. The Hall–Kier alpha value is -2.07. The predicted molar refractivity (Wildman–Crippen MR) is 98.0 cm³/mol. The summed E-state index contributed by atoms with van der Waals surface area (Å²) in [5.74, 6) is -0.453. The molecule has 0 aromatic heterocycles. The third-order valence-corrected chi connectivity index (χ3v) is 4.32. The zero-order chi connectivity index (χ0) is 18.2. The van der Waals surface area contributed by atoms with Gasteiger partial charge in [0.2, 0.25) is 6.29 Å². The van der Waals surface area contributed by atoms with Crippen molar-refractivity contribution in [2.24, 2.45) is 0 Å². The summed E-state index contributed by atoms with van der Waals surface area (Å²) >= 11 is 0. The first kappa shape index (κ1) is 19.3. The minimum atomic E-state index is -1.07. The Morgan fingerprint density at radius 2 is 2.08 bits per heavy atom. The molecule has 2 rings (SSSR count). The lowest BCUT2D eigenvalue weighted by Crippen LogP contribution is -2.17. The number of aliphatic hydroxyl groups is 1. The van der Waals surface area contributed by atoms with Gasteiger partial charge in [0.05, 0.1) is 18.4 Å². The molecule has 136 valence electrons. The fraction of sp³-hybridized carbons (Fsp3) is 0.476. The lowest BCUT2D eigenvalue weighted by molar-refractivity contribution is -0.139. The van der Waals surface area contributed by atoms with E-state index in [1.807, 2.05) is 26.0 Å². The van der Waals surface area contributed by atoms with Gasteiger partial charge in [-0.15, -0.1) is 0 Å². The third-order valence-electron chi connectivity index (χ3n) is 4.32. The summed E-state index contributed by atoms with van der Waals surface area (Å²) < 4.78 is 10.7. The van der Waals surface area contributed by atoms with E-state index >= 15 is 0 Å². The summed E-state index contributed by atoms with van der Waals surface area (Å²) in [6, 6.07) is 8.23. The number of aryl methyl sites for hydroxylation is 1. The lowest BCUT2D eigenvalue weighted by atomic mass is 9.87. The number of rotatable bonds is 6. The van der Waals surface area contributed by atoms with E-state index in [4.69, 9.17) is 9.47 Å². The molecule has 1 aromatic rings. The molecule has 0 spiro atoms. The number of ether oxygens (including phenoxy) is 2. The normalized spacial score (nSPS) is 18.6. The number of benzene rings is 1. The quantitative estimate of drug-likeness (QED) is 0.209. The number of fused-ring (bicyclic) bond motifs is 1. The van der Waals surface area contributed by atoms with Crippen LogP contribution >= 0.6 is 0 Å². The molecule has 1 aliphatic carbocycles. The van der Waals surface area contributed by atoms with Crippen LogP contribution in [0.25, 0.3) is 0 Å². The first-order valence-electron chi connectivity index (χ1n) is 8.96. The molecule has 0 aliphatic heterocycles. The van der Waals surface area contributed by atoms with Crippen LogP contribution in [0.2, 0.25) is 0 Å². The van der Waals surface area contributed by atoms with Crippen LogP contribution in [0.4, 0.5) is 0 Å². The summed E-state index contributed by atoms with van der Waals surface area (Å²) in [6.45, 7) is 5.85. The maximum Gasteiger partial charge on any atom is 0.337 e. The highest BCUT2D eigenvalue weighted by Gasteiger charge is 2.28. The maximum atomic E-state index is 12.5. The van der Waals surface area contributed by atoms with Crippen molar-refractivity contribution in [1.29, 1.82) is 0 Å². The molecule has 1 N–H and O–H groups in total. The van der Waals surface area contributed by atoms with E-state index in [9.17, 15) is 9.90 Å². The molecule has 25 heavy (non-hydrogen) atoms. The molecular weight excluding hydrogens is 316 g/mol. The van der Waals surface area contributed by atoms with Crippen molar-refractivity contribution in [3.05, 3.63) is 58.9 Å². The molecule has 0 radical (unpaired) electrons. The van der Waals surface area contributed by atoms with Crippen LogP contribution in [0, 0.1) is 0 Å². The Morgan fingerprint density at radius 3 is 2.80 bits per heavy atom. The smallest absolute Gasteiger partial charge is 0.337 e. The van der Waals surface area contributed by atoms with Crippen LogP contribution in [0.5, 0.6) is 0 Å². The van der Waals surface area contributed by atoms with Gasteiger partial charge in [0.1, 0.15) is 0 Å². The largest absolute Gasteiger partial charge is 0.468 e. The summed E-state index contributed by atoms with van der Waals surface area (Å²) in [5.41, 5.74) is 3.83. The zero-order valence-electron chi connectivity index (χ0n) is 15.3. The molecule has 2 unspecified atom stereocenters. The molecule has 0 saturated heterocycles. The van der Waals surface area contributed by atoms with Crippen LogP contribution in [0.15, 0.2) is 47.7 Å². The summed E-state index contributed by atoms with van der Waals surface area (Å²) in [5, 5.41) is 9.93. The van der Waals surface area contributed by atoms with Gasteiger partial charge < -0.3 is 14.6 Å². The van der Waals surface area contributed by atoms with E-state index in [1.54, 1.807) is 13.0 Å². The van der Waals surface area contributed by atoms with E-state index < -0.39 is 6.29 Å². The lowest BCUT2D eigenvalue weighted by Gasteiger charge is -2.20. The molecule has 4 heteroatoms. The molecule has 0 bridgehead atoms. The Bertz CT molecular complexity index is 641. The van der Waals surface area contributed by atoms with Crippen LogP contribution in [0.3, 0.4) is 0 Å². The van der Waals surface area contributed by atoms with Gasteiger partial charge in [0, 0.05) is 5.92 Å². The Balaban J connectivity index is 2.35. The molecule has 1 aliphatic rings. The van der Waals surface area contributed by atoms with E-state index in [1.165, 1.54) is 11.8 Å².